The van der Waals surface area contributed by atoms with E-state index in [4.69, 9.17) is 4.74 Å². The molecule has 0 aliphatic rings. The number of hydrogen-bond donors (Lipinski definition) is 1. The smallest absolute Gasteiger partial charge is 0.262 e. The molecule has 20 heavy (non-hydrogen) atoms. The molecule has 0 heterocycles. The highest BCUT2D eigenvalue weighted by atomic mass is 79.9. The fraction of sp³-hybridized carbons (Fsp3) is 0.133. The molecule has 0 unspecified atom stereocenters. The van der Waals surface area contributed by atoms with E-state index >= 15 is 0 Å². The third-order valence-corrected chi connectivity index (χ3v) is 3.09. The van der Waals surface area contributed by atoms with Gasteiger partial charge in [-0.25, -0.2) is 4.39 Å². The minimum Gasteiger partial charge on any atom is -0.484 e. The lowest BCUT2D eigenvalue weighted by atomic mass is 10.2. The van der Waals surface area contributed by atoms with Crippen LogP contribution < -0.4 is 10.1 Å². The molecule has 1 N–H and O–H groups in total. The van der Waals surface area contributed by atoms with Crippen molar-refractivity contribution in [2.45, 2.75) is 6.92 Å². The van der Waals surface area contributed by atoms with Crippen molar-refractivity contribution in [3.63, 3.8) is 0 Å². The van der Waals surface area contributed by atoms with Crippen LogP contribution >= 0.6 is 15.9 Å². The Morgan fingerprint density at radius 2 is 1.95 bits per heavy atom. The van der Waals surface area contributed by atoms with Crippen LogP contribution in [0.3, 0.4) is 0 Å². The highest BCUT2D eigenvalue weighted by Crippen LogP contribution is 2.19. The highest BCUT2D eigenvalue weighted by molar-refractivity contribution is 9.10. The van der Waals surface area contributed by atoms with E-state index in [1.54, 1.807) is 18.2 Å². The molecule has 0 radical (unpaired) electrons. The molecular formula is C15H13BrFNO2. The fourth-order valence-corrected chi connectivity index (χ4v) is 1.89. The number of aryl methyl sites for hydroxylation is 1. The summed E-state index contributed by atoms with van der Waals surface area (Å²) in [6.45, 7) is 1.80. The zero-order valence-electron chi connectivity index (χ0n) is 10.8. The summed E-state index contributed by atoms with van der Waals surface area (Å²) in [5.41, 5.74) is 1.24. The summed E-state index contributed by atoms with van der Waals surface area (Å²) in [5.74, 6) is -0.308. The Morgan fingerprint density at radius 3 is 2.60 bits per heavy atom. The summed E-state index contributed by atoms with van der Waals surface area (Å²) >= 11 is 3.15. The minimum absolute atomic E-state index is 0.130. The largest absolute Gasteiger partial charge is 0.484 e. The molecule has 0 aliphatic heterocycles. The Hall–Kier alpha value is -1.88. The number of hydrogen-bond acceptors (Lipinski definition) is 2. The Kier molecular flexibility index (Phi) is 4.74. The van der Waals surface area contributed by atoms with E-state index in [0.717, 1.165) is 5.56 Å². The molecule has 0 bridgehead atoms. The molecule has 0 saturated carbocycles. The molecule has 0 spiro atoms. The van der Waals surface area contributed by atoms with Crippen molar-refractivity contribution in [3.05, 3.63) is 58.3 Å². The maximum Gasteiger partial charge on any atom is 0.262 e. The van der Waals surface area contributed by atoms with Gasteiger partial charge < -0.3 is 10.1 Å². The van der Waals surface area contributed by atoms with Gasteiger partial charge in [-0.05, 0) is 37.3 Å². The molecule has 2 aromatic carbocycles. The number of carbonyl (C=O) groups is 1. The van der Waals surface area contributed by atoms with Gasteiger partial charge in [0.25, 0.3) is 5.91 Å². The average Bonchev–Trinajstić information content (AvgIpc) is 2.41. The van der Waals surface area contributed by atoms with Gasteiger partial charge in [0.15, 0.2) is 6.61 Å². The number of carbonyl (C=O) groups excluding carboxylic acids is 1. The second-order valence-corrected chi connectivity index (χ2v) is 5.19. The van der Waals surface area contributed by atoms with Gasteiger partial charge in [0.1, 0.15) is 11.6 Å². The van der Waals surface area contributed by atoms with Crippen molar-refractivity contribution in [2.24, 2.45) is 0 Å². The predicted molar refractivity (Wildman–Crippen MR) is 79.4 cm³/mol. The monoisotopic (exact) mass is 337 g/mol. The quantitative estimate of drug-likeness (QED) is 0.918. The molecule has 0 fully saturated rings. The van der Waals surface area contributed by atoms with Crippen LogP contribution in [0.15, 0.2) is 46.9 Å². The molecule has 2 aromatic rings. The zero-order chi connectivity index (χ0) is 14.5. The minimum atomic E-state index is -0.497. The van der Waals surface area contributed by atoms with Gasteiger partial charge in [0, 0.05) is 4.47 Å². The Bertz CT molecular complexity index is 614. The van der Waals surface area contributed by atoms with Crippen molar-refractivity contribution >= 4 is 27.5 Å². The normalized spacial score (nSPS) is 10.2. The second-order valence-electron chi connectivity index (χ2n) is 4.27. The number of rotatable bonds is 4. The lowest BCUT2D eigenvalue weighted by Crippen LogP contribution is -2.20. The molecule has 0 atom stereocenters. The van der Waals surface area contributed by atoms with Crippen molar-refractivity contribution < 1.29 is 13.9 Å². The Labute approximate surface area is 124 Å². The predicted octanol–water partition coefficient (Wildman–Crippen LogP) is 3.91. The fourth-order valence-electron chi connectivity index (χ4n) is 1.56. The number of amides is 1. The van der Waals surface area contributed by atoms with Gasteiger partial charge in [-0.1, -0.05) is 33.6 Å². The van der Waals surface area contributed by atoms with Crippen molar-refractivity contribution in [1.29, 1.82) is 0 Å². The van der Waals surface area contributed by atoms with Gasteiger partial charge in [-0.15, -0.1) is 0 Å². The molecule has 0 aromatic heterocycles. The highest BCUT2D eigenvalue weighted by Gasteiger charge is 2.08. The maximum absolute atomic E-state index is 13.5. The van der Waals surface area contributed by atoms with Crippen LogP contribution in [0, 0.1) is 12.7 Å². The van der Waals surface area contributed by atoms with Gasteiger partial charge in [0.05, 0.1) is 5.69 Å². The first kappa shape index (κ1) is 14.5. The SMILES string of the molecule is Cc1ccc(OCC(=O)Nc2ccc(Br)cc2F)cc1. The number of benzene rings is 2. The number of halogens is 2. The van der Waals surface area contributed by atoms with Crippen LogP contribution in [0.4, 0.5) is 10.1 Å². The van der Waals surface area contributed by atoms with E-state index in [1.165, 1.54) is 12.1 Å². The summed E-state index contributed by atoms with van der Waals surface area (Å²) in [6.07, 6.45) is 0. The van der Waals surface area contributed by atoms with Gasteiger partial charge in [0.2, 0.25) is 0 Å². The van der Waals surface area contributed by atoms with Crippen LogP contribution in [0.25, 0.3) is 0 Å². The second kappa shape index (κ2) is 6.52. The number of anilines is 1. The first-order valence-electron chi connectivity index (χ1n) is 5.99. The van der Waals surface area contributed by atoms with Crippen LogP contribution in [0.5, 0.6) is 5.75 Å². The standard InChI is InChI=1S/C15H13BrFNO2/c1-10-2-5-12(6-3-10)20-9-15(19)18-14-7-4-11(16)8-13(14)17/h2-8H,9H2,1H3,(H,18,19). The lowest BCUT2D eigenvalue weighted by molar-refractivity contribution is -0.118. The summed E-state index contributed by atoms with van der Waals surface area (Å²) < 4.78 is 19.5. The van der Waals surface area contributed by atoms with Crippen LogP contribution in [0.2, 0.25) is 0 Å². The van der Waals surface area contributed by atoms with Crippen molar-refractivity contribution in [1.82, 2.24) is 0 Å². The van der Waals surface area contributed by atoms with E-state index < -0.39 is 11.7 Å². The molecule has 2 rings (SSSR count). The van der Waals surface area contributed by atoms with E-state index in [-0.39, 0.29) is 12.3 Å². The van der Waals surface area contributed by atoms with E-state index in [9.17, 15) is 9.18 Å². The van der Waals surface area contributed by atoms with E-state index in [0.29, 0.717) is 10.2 Å². The summed E-state index contributed by atoms with van der Waals surface area (Å²) in [4.78, 5) is 11.7. The Morgan fingerprint density at radius 1 is 1.25 bits per heavy atom. The maximum atomic E-state index is 13.5. The molecule has 3 nitrogen and oxygen atoms in total. The lowest BCUT2D eigenvalue weighted by Gasteiger charge is -2.08. The van der Waals surface area contributed by atoms with Crippen LogP contribution in [0.1, 0.15) is 5.56 Å². The summed E-state index contributed by atoms with van der Waals surface area (Å²) in [5, 5.41) is 2.46. The van der Waals surface area contributed by atoms with E-state index in [2.05, 4.69) is 21.2 Å². The van der Waals surface area contributed by atoms with E-state index in [1.807, 2.05) is 19.1 Å². The van der Waals surface area contributed by atoms with Crippen molar-refractivity contribution in [3.8, 4) is 5.75 Å². The summed E-state index contributed by atoms with van der Waals surface area (Å²) in [7, 11) is 0. The molecule has 104 valence electrons. The number of ether oxygens (including phenoxy) is 1. The first-order valence-corrected chi connectivity index (χ1v) is 6.78. The van der Waals surface area contributed by atoms with Crippen LogP contribution in [-0.4, -0.2) is 12.5 Å². The van der Waals surface area contributed by atoms with Gasteiger partial charge >= 0.3 is 0 Å². The Balaban J connectivity index is 1.90. The average molecular weight is 338 g/mol. The zero-order valence-corrected chi connectivity index (χ0v) is 12.4. The molecule has 1 amide bonds. The number of nitrogens with one attached hydrogen (secondary N) is 1. The third-order valence-electron chi connectivity index (χ3n) is 2.60. The topological polar surface area (TPSA) is 38.3 Å². The molecular weight excluding hydrogens is 325 g/mol. The van der Waals surface area contributed by atoms with Gasteiger partial charge in [-0.3, -0.25) is 4.79 Å². The van der Waals surface area contributed by atoms with Crippen molar-refractivity contribution in [2.75, 3.05) is 11.9 Å². The molecule has 5 heteroatoms. The van der Waals surface area contributed by atoms with Gasteiger partial charge in [-0.2, -0.15) is 0 Å². The van der Waals surface area contributed by atoms with Crippen LogP contribution in [-0.2, 0) is 4.79 Å². The molecule has 0 aliphatic carbocycles. The first-order chi connectivity index (χ1) is 9.54. The third kappa shape index (κ3) is 4.06. The summed E-state index contributed by atoms with van der Waals surface area (Å²) in [6, 6.07) is 11.8. The molecule has 0 saturated heterocycles.